The Labute approximate surface area is 186 Å². The topological polar surface area (TPSA) is 85.8 Å². The summed E-state index contributed by atoms with van der Waals surface area (Å²) in [5.41, 5.74) is 1.15. The highest BCUT2D eigenvalue weighted by Gasteiger charge is 2.21. The van der Waals surface area contributed by atoms with Crippen molar-refractivity contribution in [1.82, 2.24) is 9.97 Å². The summed E-state index contributed by atoms with van der Waals surface area (Å²) in [6.45, 7) is 4.35. The van der Waals surface area contributed by atoms with Gasteiger partial charge >= 0.3 is 0 Å². The van der Waals surface area contributed by atoms with E-state index in [2.05, 4.69) is 27.1 Å². The number of amides is 1. The van der Waals surface area contributed by atoms with Crippen LogP contribution in [0.15, 0.2) is 54.9 Å². The molecule has 8 nitrogen and oxygen atoms in total. The van der Waals surface area contributed by atoms with Gasteiger partial charge in [-0.05, 0) is 55.2 Å². The third kappa shape index (κ3) is 4.30. The first-order valence-corrected chi connectivity index (χ1v) is 10.7. The Balaban J connectivity index is 1.26. The van der Waals surface area contributed by atoms with E-state index < -0.39 is 0 Å². The second-order valence-corrected chi connectivity index (χ2v) is 8.00. The third-order valence-corrected chi connectivity index (χ3v) is 5.69. The molecule has 0 saturated carbocycles. The second kappa shape index (κ2) is 8.74. The van der Waals surface area contributed by atoms with Crippen LogP contribution in [0.25, 0.3) is 0 Å². The molecule has 3 heterocycles. The van der Waals surface area contributed by atoms with Crippen LogP contribution in [0.3, 0.4) is 0 Å². The first-order chi connectivity index (χ1) is 15.7. The minimum Gasteiger partial charge on any atom is -0.454 e. The molecule has 1 N–H and O–H groups in total. The van der Waals surface area contributed by atoms with Crippen LogP contribution < -0.4 is 24.4 Å². The number of nitrogens with zero attached hydrogens (tertiary/aromatic N) is 3. The van der Waals surface area contributed by atoms with Gasteiger partial charge in [-0.1, -0.05) is 6.92 Å². The molecule has 1 aromatic heterocycles. The SMILES string of the molecule is CC1CCN(c2nccnc2Oc2ccc(C(=O)Nc3ccc4c(c3)OCO4)cc2)CC1. The lowest BCUT2D eigenvalue weighted by molar-refractivity contribution is 0.102. The van der Waals surface area contributed by atoms with E-state index in [0.717, 1.165) is 37.7 Å². The van der Waals surface area contributed by atoms with E-state index in [9.17, 15) is 4.79 Å². The maximum atomic E-state index is 12.6. The number of ether oxygens (including phenoxy) is 3. The van der Waals surface area contributed by atoms with E-state index in [1.54, 1.807) is 54.9 Å². The molecule has 0 unspecified atom stereocenters. The van der Waals surface area contributed by atoms with Gasteiger partial charge in [-0.2, -0.15) is 0 Å². The van der Waals surface area contributed by atoms with E-state index in [1.165, 1.54) is 0 Å². The lowest BCUT2D eigenvalue weighted by Crippen LogP contribution is -2.33. The van der Waals surface area contributed by atoms with Gasteiger partial charge in [0.15, 0.2) is 17.3 Å². The minimum absolute atomic E-state index is 0.193. The van der Waals surface area contributed by atoms with E-state index in [1.807, 2.05) is 0 Å². The fourth-order valence-electron chi connectivity index (χ4n) is 3.79. The number of carbonyl (C=O) groups is 1. The molecule has 0 spiro atoms. The van der Waals surface area contributed by atoms with Crippen molar-refractivity contribution in [2.45, 2.75) is 19.8 Å². The second-order valence-electron chi connectivity index (χ2n) is 8.00. The fourth-order valence-corrected chi connectivity index (χ4v) is 3.79. The van der Waals surface area contributed by atoms with Gasteiger partial charge in [0.1, 0.15) is 5.75 Å². The van der Waals surface area contributed by atoms with Crippen molar-refractivity contribution >= 4 is 17.4 Å². The number of rotatable bonds is 5. The number of fused-ring (bicyclic) bond motifs is 1. The molecule has 2 aliphatic rings. The zero-order chi connectivity index (χ0) is 21.9. The molecule has 1 amide bonds. The smallest absolute Gasteiger partial charge is 0.263 e. The van der Waals surface area contributed by atoms with Gasteiger partial charge < -0.3 is 24.4 Å². The first kappa shape index (κ1) is 20.1. The maximum absolute atomic E-state index is 12.6. The van der Waals surface area contributed by atoms with Gasteiger partial charge in [-0.15, -0.1) is 0 Å². The average Bonchev–Trinajstić information content (AvgIpc) is 3.28. The molecule has 32 heavy (non-hydrogen) atoms. The number of hydrogen-bond acceptors (Lipinski definition) is 7. The molecule has 1 saturated heterocycles. The third-order valence-electron chi connectivity index (χ3n) is 5.69. The van der Waals surface area contributed by atoms with Crippen molar-refractivity contribution < 1.29 is 19.0 Å². The number of aromatic nitrogens is 2. The summed E-state index contributed by atoms with van der Waals surface area (Å²) in [6.07, 6.45) is 5.56. The number of hydrogen-bond donors (Lipinski definition) is 1. The summed E-state index contributed by atoms with van der Waals surface area (Å²) >= 11 is 0. The van der Waals surface area contributed by atoms with Gasteiger partial charge in [0.25, 0.3) is 11.8 Å². The summed E-state index contributed by atoms with van der Waals surface area (Å²) in [6, 6.07) is 12.2. The monoisotopic (exact) mass is 432 g/mol. The molecule has 164 valence electrons. The molecule has 2 aromatic carbocycles. The minimum atomic E-state index is -0.224. The number of benzene rings is 2. The predicted molar refractivity (Wildman–Crippen MR) is 120 cm³/mol. The van der Waals surface area contributed by atoms with Crippen molar-refractivity contribution in [3.8, 4) is 23.1 Å². The quantitative estimate of drug-likeness (QED) is 0.636. The summed E-state index contributed by atoms with van der Waals surface area (Å²) in [7, 11) is 0. The average molecular weight is 432 g/mol. The molecular formula is C24H24N4O4. The number of piperidine rings is 1. The molecular weight excluding hydrogens is 408 g/mol. The maximum Gasteiger partial charge on any atom is 0.263 e. The molecule has 1 fully saturated rings. The van der Waals surface area contributed by atoms with Crippen molar-refractivity contribution in [1.29, 1.82) is 0 Å². The Bertz CT molecular complexity index is 1110. The Kier molecular flexibility index (Phi) is 5.49. The van der Waals surface area contributed by atoms with Crippen LogP contribution >= 0.6 is 0 Å². The molecule has 2 aliphatic heterocycles. The van der Waals surface area contributed by atoms with Gasteiger partial charge in [-0.25, -0.2) is 9.97 Å². The summed E-state index contributed by atoms with van der Waals surface area (Å²) < 4.78 is 16.7. The standard InChI is InChI=1S/C24H24N4O4/c1-16-8-12-28(13-9-16)22-24(26-11-10-25-22)32-19-5-2-17(3-6-19)23(29)27-18-4-7-20-21(14-18)31-15-30-20/h2-7,10-11,14,16H,8-9,12-13,15H2,1H3,(H,27,29). The van der Waals surface area contributed by atoms with Crippen LogP contribution in [0.2, 0.25) is 0 Å². The highest BCUT2D eigenvalue weighted by molar-refractivity contribution is 6.04. The molecule has 5 rings (SSSR count). The predicted octanol–water partition coefficient (Wildman–Crippen LogP) is 4.49. The molecule has 0 aliphatic carbocycles. The van der Waals surface area contributed by atoms with Gasteiger partial charge in [0.05, 0.1) is 0 Å². The van der Waals surface area contributed by atoms with Crippen molar-refractivity contribution in [3.05, 3.63) is 60.4 Å². The molecule has 0 atom stereocenters. The highest BCUT2D eigenvalue weighted by atomic mass is 16.7. The zero-order valence-electron chi connectivity index (χ0n) is 17.8. The highest BCUT2D eigenvalue weighted by Crippen LogP contribution is 2.34. The Morgan fingerprint density at radius 2 is 1.78 bits per heavy atom. The van der Waals surface area contributed by atoms with Gasteiger partial charge in [0.2, 0.25) is 6.79 Å². The molecule has 8 heteroatoms. The van der Waals surface area contributed by atoms with Crippen LogP contribution in [0.4, 0.5) is 11.5 Å². The van der Waals surface area contributed by atoms with E-state index in [4.69, 9.17) is 14.2 Å². The largest absolute Gasteiger partial charge is 0.454 e. The molecule has 0 bridgehead atoms. The summed E-state index contributed by atoms with van der Waals surface area (Å²) in [4.78, 5) is 23.7. The summed E-state index contributed by atoms with van der Waals surface area (Å²) in [5.74, 6) is 3.61. The van der Waals surface area contributed by atoms with Gasteiger partial charge in [0, 0.05) is 42.8 Å². The van der Waals surface area contributed by atoms with Gasteiger partial charge in [-0.3, -0.25) is 4.79 Å². The first-order valence-electron chi connectivity index (χ1n) is 10.7. The lowest BCUT2D eigenvalue weighted by Gasteiger charge is -2.31. The lowest BCUT2D eigenvalue weighted by atomic mass is 9.99. The number of carbonyl (C=O) groups excluding carboxylic acids is 1. The van der Waals surface area contributed by atoms with Crippen LogP contribution in [-0.2, 0) is 0 Å². The Hall–Kier alpha value is -3.81. The normalized spacial score (nSPS) is 15.5. The van der Waals surface area contributed by atoms with Crippen molar-refractivity contribution in [2.75, 3.05) is 30.1 Å². The fraction of sp³-hybridized carbons (Fsp3) is 0.292. The van der Waals surface area contributed by atoms with E-state index in [-0.39, 0.29) is 12.7 Å². The number of anilines is 2. The summed E-state index contributed by atoms with van der Waals surface area (Å²) in [5, 5.41) is 2.87. The van der Waals surface area contributed by atoms with E-state index in [0.29, 0.717) is 34.4 Å². The van der Waals surface area contributed by atoms with Crippen molar-refractivity contribution in [3.63, 3.8) is 0 Å². The Morgan fingerprint density at radius 1 is 1.03 bits per heavy atom. The number of nitrogens with one attached hydrogen (secondary N) is 1. The van der Waals surface area contributed by atoms with Crippen LogP contribution in [0.1, 0.15) is 30.1 Å². The molecule has 3 aromatic rings. The van der Waals surface area contributed by atoms with Crippen molar-refractivity contribution in [2.24, 2.45) is 5.92 Å². The Morgan fingerprint density at radius 3 is 2.59 bits per heavy atom. The van der Waals surface area contributed by atoms with Crippen LogP contribution in [0, 0.1) is 5.92 Å². The van der Waals surface area contributed by atoms with Crippen LogP contribution in [-0.4, -0.2) is 35.8 Å². The van der Waals surface area contributed by atoms with E-state index >= 15 is 0 Å². The zero-order valence-corrected chi connectivity index (χ0v) is 17.8. The van der Waals surface area contributed by atoms with Crippen LogP contribution in [0.5, 0.6) is 23.1 Å². The molecule has 0 radical (unpaired) electrons.